The molecule has 1 amide bonds. The molecule has 7 heteroatoms. The minimum atomic E-state index is -0.0520. The van der Waals surface area contributed by atoms with E-state index in [-0.39, 0.29) is 18.6 Å². The number of carbonyl (C=O) groups excluding carboxylic acids is 1. The molecule has 2 fully saturated rings. The highest BCUT2D eigenvalue weighted by Gasteiger charge is 2.19. The van der Waals surface area contributed by atoms with E-state index in [1.807, 2.05) is 17.9 Å². The van der Waals surface area contributed by atoms with Crippen molar-refractivity contribution in [2.45, 2.75) is 32.3 Å². The average molecular weight is 319 g/mol. The summed E-state index contributed by atoms with van der Waals surface area (Å²) in [5.41, 5.74) is 0.859. The van der Waals surface area contributed by atoms with Gasteiger partial charge in [0.1, 0.15) is 17.7 Å². The Balaban J connectivity index is 1.60. The lowest BCUT2D eigenvalue weighted by atomic mass is 10.1. The van der Waals surface area contributed by atoms with Crippen molar-refractivity contribution >= 4 is 11.7 Å². The SMILES string of the molecule is Cc1nc(NCC(=O)N2CCCCC2)cc(C2CNCCO2)n1. The lowest BCUT2D eigenvalue weighted by Gasteiger charge is -2.27. The lowest BCUT2D eigenvalue weighted by molar-refractivity contribution is -0.130. The number of aryl methyl sites for hydroxylation is 1. The van der Waals surface area contributed by atoms with Crippen molar-refractivity contribution in [3.05, 3.63) is 17.6 Å². The summed E-state index contributed by atoms with van der Waals surface area (Å²) in [4.78, 5) is 23.0. The Kier molecular flexibility index (Phi) is 5.40. The van der Waals surface area contributed by atoms with Crippen LogP contribution in [0.5, 0.6) is 0 Å². The van der Waals surface area contributed by atoms with Gasteiger partial charge in [0.15, 0.2) is 0 Å². The third-order valence-electron chi connectivity index (χ3n) is 4.24. The van der Waals surface area contributed by atoms with Crippen LogP contribution >= 0.6 is 0 Å². The summed E-state index contributed by atoms with van der Waals surface area (Å²) in [7, 11) is 0. The van der Waals surface area contributed by atoms with Crippen LogP contribution < -0.4 is 10.6 Å². The number of morpholine rings is 1. The standard InChI is InChI=1S/C16H25N5O2/c1-12-19-13(14-10-17-5-8-23-14)9-15(20-12)18-11-16(22)21-6-3-2-4-7-21/h9,14,17H,2-8,10-11H2,1H3,(H,18,19,20). The molecule has 0 saturated carbocycles. The zero-order chi connectivity index (χ0) is 16.1. The number of aromatic nitrogens is 2. The van der Waals surface area contributed by atoms with Crippen molar-refractivity contribution in [1.29, 1.82) is 0 Å². The van der Waals surface area contributed by atoms with Crippen LogP contribution in [0.3, 0.4) is 0 Å². The normalized spacial score (nSPS) is 22.0. The summed E-state index contributed by atoms with van der Waals surface area (Å²) in [6.07, 6.45) is 3.38. The molecule has 1 aromatic rings. The maximum Gasteiger partial charge on any atom is 0.241 e. The quantitative estimate of drug-likeness (QED) is 0.857. The maximum atomic E-state index is 12.2. The zero-order valence-electron chi connectivity index (χ0n) is 13.7. The van der Waals surface area contributed by atoms with Crippen LogP contribution in [-0.4, -0.2) is 60.1 Å². The Morgan fingerprint density at radius 3 is 2.96 bits per heavy atom. The molecular formula is C16H25N5O2. The number of likely N-dealkylation sites (tertiary alicyclic amines) is 1. The van der Waals surface area contributed by atoms with Gasteiger partial charge >= 0.3 is 0 Å². The van der Waals surface area contributed by atoms with E-state index in [2.05, 4.69) is 20.6 Å². The number of hydrogen-bond acceptors (Lipinski definition) is 6. The molecule has 126 valence electrons. The molecular weight excluding hydrogens is 294 g/mol. The minimum absolute atomic E-state index is 0.0520. The first-order valence-electron chi connectivity index (χ1n) is 8.42. The molecule has 2 aliphatic rings. The molecule has 3 rings (SSSR count). The summed E-state index contributed by atoms with van der Waals surface area (Å²) in [5.74, 6) is 1.51. The van der Waals surface area contributed by atoms with Gasteiger partial charge in [0, 0.05) is 32.2 Å². The highest BCUT2D eigenvalue weighted by molar-refractivity contribution is 5.80. The van der Waals surface area contributed by atoms with Crippen LogP contribution in [0, 0.1) is 6.92 Å². The summed E-state index contributed by atoms with van der Waals surface area (Å²) in [6, 6.07) is 1.88. The summed E-state index contributed by atoms with van der Waals surface area (Å²) in [5, 5.41) is 6.44. The van der Waals surface area contributed by atoms with Gasteiger partial charge in [-0.25, -0.2) is 9.97 Å². The Bertz CT molecular complexity index is 539. The predicted molar refractivity (Wildman–Crippen MR) is 87.3 cm³/mol. The van der Waals surface area contributed by atoms with Crippen LogP contribution in [0.15, 0.2) is 6.07 Å². The molecule has 23 heavy (non-hydrogen) atoms. The molecule has 0 aliphatic carbocycles. The van der Waals surface area contributed by atoms with Crippen molar-refractivity contribution in [1.82, 2.24) is 20.2 Å². The maximum absolute atomic E-state index is 12.2. The molecule has 0 radical (unpaired) electrons. The Morgan fingerprint density at radius 1 is 1.39 bits per heavy atom. The Hall–Kier alpha value is -1.73. The zero-order valence-corrected chi connectivity index (χ0v) is 13.7. The highest BCUT2D eigenvalue weighted by Crippen LogP contribution is 2.19. The molecule has 2 N–H and O–H groups in total. The Morgan fingerprint density at radius 2 is 2.22 bits per heavy atom. The third kappa shape index (κ3) is 4.39. The van der Waals surface area contributed by atoms with Crippen molar-refractivity contribution < 1.29 is 9.53 Å². The summed E-state index contributed by atoms with van der Waals surface area (Å²) >= 11 is 0. The highest BCUT2D eigenvalue weighted by atomic mass is 16.5. The topological polar surface area (TPSA) is 79.4 Å². The first-order chi connectivity index (χ1) is 11.2. The smallest absolute Gasteiger partial charge is 0.241 e. The van der Waals surface area contributed by atoms with Crippen molar-refractivity contribution in [3.63, 3.8) is 0 Å². The summed E-state index contributed by atoms with van der Waals surface area (Å²) in [6.45, 7) is 6.19. The first-order valence-corrected chi connectivity index (χ1v) is 8.42. The van der Waals surface area contributed by atoms with E-state index >= 15 is 0 Å². The molecule has 1 unspecified atom stereocenters. The summed E-state index contributed by atoms with van der Waals surface area (Å²) < 4.78 is 5.74. The fraction of sp³-hybridized carbons (Fsp3) is 0.688. The van der Waals surface area contributed by atoms with E-state index in [1.54, 1.807) is 0 Å². The molecule has 1 atom stereocenters. The van der Waals surface area contributed by atoms with Gasteiger partial charge in [-0.05, 0) is 26.2 Å². The van der Waals surface area contributed by atoms with Gasteiger partial charge in [-0.1, -0.05) is 0 Å². The van der Waals surface area contributed by atoms with Gasteiger partial charge in [0.05, 0.1) is 18.8 Å². The predicted octanol–water partition coefficient (Wildman–Crippen LogP) is 0.870. The van der Waals surface area contributed by atoms with E-state index < -0.39 is 0 Å². The van der Waals surface area contributed by atoms with E-state index in [0.29, 0.717) is 18.2 Å². The number of carbonyl (C=O) groups is 1. The molecule has 0 spiro atoms. The van der Waals surface area contributed by atoms with E-state index in [0.717, 1.165) is 44.7 Å². The second-order valence-electron chi connectivity index (χ2n) is 6.08. The van der Waals surface area contributed by atoms with Gasteiger partial charge < -0.3 is 20.3 Å². The van der Waals surface area contributed by atoms with Gasteiger partial charge in [-0.15, -0.1) is 0 Å². The van der Waals surface area contributed by atoms with E-state index in [9.17, 15) is 4.79 Å². The number of nitrogens with one attached hydrogen (secondary N) is 2. The largest absolute Gasteiger partial charge is 0.369 e. The first kappa shape index (κ1) is 16.1. The third-order valence-corrected chi connectivity index (χ3v) is 4.24. The second-order valence-corrected chi connectivity index (χ2v) is 6.08. The minimum Gasteiger partial charge on any atom is -0.369 e. The van der Waals surface area contributed by atoms with Gasteiger partial charge in [0.2, 0.25) is 5.91 Å². The van der Waals surface area contributed by atoms with Crippen molar-refractivity contribution in [2.24, 2.45) is 0 Å². The van der Waals surface area contributed by atoms with Crippen molar-refractivity contribution in [3.8, 4) is 0 Å². The Labute approximate surface area is 136 Å². The fourth-order valence-electron chi connectivity index (χ4n) is 3.02. The lowest BCUT2D eigenvalue weighted by Crippen LogP contribution is -2.39. The van der Waals surface area contributed by atoms with Gasteiger partial charge in [-0.2, -0.15) is 0 Å². The van der Waals surface area contributed by atoms with Crippen LogP contribution in [-0.2, 0) is 9.53 Å². The molecule has 2 saturated heterocycles. The van der Waals surface area contributed by atoms with Gasteiger partial charge in [0.25, 0.3) is 0 Å². The number of amides is 1. The van der Waals surface area contributed by atoms with Crippen LogP contribution in [0.2, 0.25) is 0 Å². The fourth-order valence-corrected chi connectivity index (χ4v) is 3.02. The van der Waals surface area contributed by atoms with E-state index in [1.165, 1.54) is 6.42 Å². The average Bonchev–Trinajstić information content (AvgIpc) is 2.61. The van der Waals surface area contributed by atoms with E-state index in [4.69, 9.17) is 4.74 Å². The number of nitrogens with zero attached hydrogens (tertiary/aromatic N) is 3. The number of hydrogen-bond donors (Lipinski definition) is 2. The second kappa shape index (κ2) is 7.70. The van der Waals surface area contributed by atoms with Crippen LogP contribution in [0.25, 0.3) is 0 Å². The molecule has 3 heterocycles. The van der Waals surface area contributed by atoms with Gasteiger partial charge in [-0.3, -0.25) is 4.79 Å². The monoisotopic (exact) mass is 319 g/mol. The molecule has 0 aromatic carbocycles. The van der Waals surface area contributed by atoms with Crippen LogP contribution in [0.4, 0.5) is 5.82 Å². The molecule has 1 aromatic heterocycles. The number of ether oxygens (including phenoxy) is 1. The van der Waals surface area contributed by atoms with Crippen molar-refractivity contribution in [2.75, 3.05) is 44.6 Å². The number of anilines is 1. The molecule has 7 nitrogen and oxygen atoms in total. The number of piperidine rings is 1. The van der Waals surface area contributed by atoms with Crippen LogP contribution in [0.1, 0.15) is 36.9 Å². The number of rotatable bonds is 4. The molecule has 2 aliphatic heterocycles. The molecule has 0 bridgehead atoms.